The van der Waals surface area contributed by atoms with E-state index in [4.69, 9.17) is 0 Å². The van der Waals surface area contributed by atoms with Crippen LogP contribution in [-0.2, 0) is 28.0 Å². The summed E-state index contributed by atoms with van der Waals surface area (Å²) in [6.45, 7) is 2.70. The van der Waals surface area contributed by atoms with Crippen LogP contribution in [0.4, 0.5) is 13.2 Å². The van der Waals surface area contributed by atoms with Crippen molar-refractivity contribution in [2.45, 2.75) is 25.9 Å². The summed E-state index contributed by atoms with van der Waals surface area (Å²) in [6, 6.07) is 5.13. The van der Waals surface area contributed by atoms with E-state index in [1.54, 1.807) is 18.2 Å². The number of carbonyl (C=O) groups is 1. The van der Waals surface area contributed by atoms with Gasteiger partial charge in [-0.05, 0) is 36.9 Å². The lowest BCUT2D eigenvalue weighted by molar-refractivity contribution is -0.141. The number of halogens is 3. The van der Waals surface area contributed by atoms with Crippen LogP contribution in [0.1, 0.15) is 31.0 Å². The van der Waals surface area contributed by atoms with Gasteiger partial charge in [-0.1, -0.05) is 19.4 Å². The molecule has 3 heterocycles. The Hall–Kier alpha value is -3.61. The van der Waals surface area contributed by atoms with E-state index in [9.17, 15) is 26.4 Å². The molecule has 188 valence electrons. The van der Waals surface area contributed by atoms with Crippen molar-refractivity contribution in [3.05, 3.63) is 60.2 Å². The van der Waals surface area contributed by atoms with Gasteiger partial charge in [-0.2, -0.15) is 18.3 Å². The van der Waals surface area contributed by atoms with Gasteiger partial charge in [0.05, 0.1) is 11.3 Å². The summed E-state index contributed by atoms with van der Waals surface area (Å²) < 4.78 is 69.6. The van der Waals surface area contributed by atoms with Crippen molar-refractivity contribution in [3.8, 4) is 5.82 Å². The number of nitrogens with zero attached hydrogens (tertiary/aromatic N) is 4. The minimum atomic E-state index is -4.82. The molecule has 3 aromatic heterocycles. The number of amides is 1. The minimum Gasteiger partial charge on any atom is -0.391 e. The van der Waals surface area contributed by atoms with E-state index in [1.165, 1.54) is 36.3 Å². The largest absolute Gasteiger partial charge is 0.435 e. The van der Waals surface area contributed by atoms with E-state index in [2.05, 4.69) is 15.4 Å². The lowest BCUT2D eigenvalue weighted by Crippen LogP contribution is -2.30. The molecular weight excluding hydrogens is 485 g/mol. The molecule has 0 aromatic carbocycles. The molecule has 0 saturated carbocycles. The van der Waals surface area contributed by atoms with Gasteiger partial charge in [0.2, 0.25) is 10.0 Å². The Morgan fingerprint density at radius 2 is 2.03 bits per heavy atom. The zero-order valence-corrected chi connectivity index (χ0v) is 19.9. The number of aromatic nitrogens is 4. The van der Waals surface area contributed by atoms with Crippen molar-refractivity contribution >= 4 is 33.0 Å². The highest BCUT2D eigenvalue weighted by Gasteiger charge is 2.38. The number of rotatable bonds is 10. The number of hydrogen-bond donors (Lipinski definition) is 2. The summed E-state index contributed by atoms with van der Waals surface area (Å²) >= 11 is 0. The van der Waals surface area contributed by atoms with E-state index < -0.39 is 39.1 Å². The Morgan fingerprint density at radius 1 is 1.26 bits per heavy atom. The van der Waals surface area contributed by atoms with Gasteiger partial charge >= 0.3 is 6.18 Å². The number of carbonyl (C=O) groups excluding carboxylic acids is 1. The second-order valence-electron chi connectivity index (χ2n) is 7.60. The molecule has 0 aliphatic rings. The minimum absolute atomic E-state index is 0.0130. The molecule has 3 aromatic rings. The van der Waals surface area contributed by atoms with Crippen LogP contribution in [0, 0.1) is 0 Å². The summed E-state index contributed by atoms with van der Waals surface area (Å²) in [4.78, 5) is 16.5. The van der Waals surface area contributed by atoms with Crippen molar-refractivity contribution in [2.75, 3.05) is 12.3 Å². The molecule has 0 atom stereocenters. The normalized spacial score (nSPS) is 12.7. The molecule has 2 N–H and O–H groups in total. The van der Waals surface area contributed by atoms with Crippen molar-refractivity contribution in [1.29, 1.82) is 0 Å². The van der Waals surface area contributed by atoms with E-state index >= 15 is 0 Å². The maximum atomic E-state index is 13.7. The van der Waals surface area contributed by atoms with Gasteiger partial charge in [0, 0.05) is 37.4 Å². The van der Waals surface area contributed by atoms with Crippen molar-refractivity contribution < 1.29 is 26.4 Å². The van der Waals surface area contributed by atoms with Crippen LogP contribution >= 0.6 is 0 Å². The number of sulfonamides is 1. The summed E-state index contributed by atoms with van der Waals surface area (Å²) in [5.41, 5.74) is -1.23. The molecule has 0 spiro atoms. The SMILES string of the molecule is CCCCNC=CCS(=O)(=O)NC(=O)/C=C/c1c(C(F)(F)F)nn(C)c1-n1ccc2cccnc21. The third-order valence-electron chi connectivity index (χ3n) is 4.88. The molecule has 0 bridgehead atoms. The number of hydrogen-bond acceptors (Lipinski definition) is 6. The van der Waals surface area contributed by atoms with Crippen molar-refractivity contribution in [1.82, 2.24) is 29.4 Å². The molecule has 0 aliphatic heterocycles. The van der Waals surface area contributed by atoms with Crippen LogP contribution in [0.15, 0.2) is 48.9 Å². The molecule has 35 heavy (non-hydrogen) atoms. The second-order valence-corrected chi connectivity index (χ2v) is 9.37. The number of fused-ring (bicyclic) bond motifs is 1. The number of aryl methyl sites for hydroxylation is 1. The van der Waals surface area contributed by atoms with E-state index in [0.29, 0.717) is 17.6 Å². The summed E-state index contributed by atoms with van der Waals surface area (Å²) in [7, 11) is -2.69. The van der Waals surface area contributed by atoms with E-state index in [-0.39, 0.29) is 5.82 Å². The lowest BCUT2D eigenvalue weighted by atomic mass is 10.2. The molecule has 3 rings (SSSR count). The summed E-state index contributed by atoms with van der Waals surface area (Å²) in [5.74, 6) is -1.55. The lowest BCUT2D eigenvalue weighted by Gasteiger charge is -2.08. The Labute approximate surface area is 200 Å². The Balaban J connectivity index is 1.86. The van der Waals surface area contributed by atoms with E-state index in [1.807, 2.05) is 11.6 Å². The summed E-state index contributed by atoms with van der Waals surface area (Å²) in [6.07, 6.45) is 4.56. The molecule has 0 aliphatic carbocycles. The molecule has 0 radical (unpaired) electrons. The number of pyridine rings is 1. The third-order valence-corrected chi connectivity index (χ3v) is 6.02. The highest BCUT2D eigenvalue weighted by atomic mass is 32.2. The van der Waals surface area contributed by atoms with Crippen LogP contribution < -0.4 is 10.0 Å². The van der Waals surface area contributed by atoms with E-state index in [0.717, 1.165) is 29.7 Å². The smallest absolute Gasteiger partial charge is 0.391 e. The van der Waals surface area contributed by atoms with Crippen molar-refractivity contribution in [3.63, 3.8) is 0 Å². The van der Waals surface area contributed by atoms with Gasteiger partial charge in [0.1, 0.15) is 11.5 Å². The van der Waals surface area contributed by atoms with Crippen LogP contribution in [0.3, 0.4) is 0 Å². The zero-order chi connectivity index (χ0) is 25.6. The maximum Gasteiger partial charge on any atom is 0.435 e. The average Bonchev–Trinajstić information content (AvgIpc) is 3.34. The van der Waals surface area contributed by atoms with Crippen LogP contribution in [0.5, 0.6) is 0 Å². The second kappa shape index (κ2) is 10.8. The zero-order valence-electron chi connectivity index (χ0n) is 19.1. The fourth-order valence-corrected chi connectivity index (χ4v) is 4.13. The number of nitrogens with one attached hydrogen (secondary N) is 2. The van der Waals surface area contributed by atoms with Crippen LogP contribution in [0.25, 0.3) is 22.9 Å². The molecular formula is C22H25F3N6O3S. The van der Waals surface area contributed by atoms with Crippen molar-refractivity contribution in [2.24, 2.45) is 7.05 Å². The van der Waals surface area contributed by atoms with Gasteiger partial charge < -0.3 is 5.32 Å². The Bertz CT molecular complexity index is 1360. The van der Waals surface area contributed by atoms with Crippen LogP contribution in [-0.4, -0.2) is 46.0 Å². The van der Waals surface area contributed by atoms with Crippen LogP contribution in [0.2, 0.25) is 0 Å². The first-order valence-corrected chi connectivity index (χ1v) is 12.4. The molecule has 0 fully saturated rings. The molecule has 1 amide bonds. The van der Waals surface area contributed by atoms with Gasteiger partial charge in [-0.15, -0.1) is 0 Å². The molecule has 13 heteroatoms. The Kier molecular flexibility index (Phi) is 7.99. The first-order valence-electron chi connectivity index (χ1n) is 10.7. The van der Waals surface area contributed by atoms with Gasteiger partial charge in [0.15, 0.2) is 5.69 Å². The van der Waals surface area contributed by atoms with Gasteiger partial charge in [0.25, 0.3) is 5.91 Å². The highest BCUT2D eigenvalue weighted by Crippen LogP contribution is 2.35. The summed E-state index contributed by atoms with van der Waals surface area (Å²) in [5, 5.41) is 7.21. The standard InChI is InChI=1S/C22H25F3N6O3S/c1-3-4-11-26-12-6-15-35(33,34)29-18(32)9-8-17-19(22(23,24)25)28-30(2)21(17)31-14-10-16-7-5-13-27-20(16)31/h5-10,12-14,26H,3-4,11,15H2,1-2H3,(H,29,32)/b9-8+,12-6?. The number of alkyl halides is 3. The topological polar surface area (TPSA) is 111 Å². The third kappa shape index (κ3) is 6.50. The maximum absolute atomic E-state index is 13.7. The predicted octanol–water partition coefficient (Wildman–Crippen LogP) is 3.14. The highest BCUT2D eigenvalue weighted by molar-refractivity contribution is 7.90. The molecule has 0 unspecified atom stereocenters. The quantitative estimate of drug-likeness (QED) is 0.320. The monoisotopic (exact) mass is 510 g/mol. The van der Waals surface area contributed by atoms with Gasteiger partial charge in [-0.25, -0.2) is 18.1 Å². The first kappa shape index (κ1) is 26.0. The molecule has 0 saturated heterocycles. The predicted molar refractivity (Wildman–Crippen MR) is 126 cm³/mol. The first-order chi connectivity index (χ1) is 16.5. The van der Waals surface area contributed by atoms with Gasteiger partial charge in [-0.3, -0.25) is 14.0 Å². The fraction of sp³-hybridized carbons (Fsp3) is 0.318. The Morgan fingerprint density at radius 3 is 2.74 bits per heavy atom. The molecule has 9 nitrogen and oxygen atoms in total. The number of unbranched alkanes of at least 4 members (excludes halogenated alkanes) is 1. The average molecular weight is 511 g/mol. The fourth-order valence-electron chi connectivity index (χ4n) is 3.33.